The number of benzene rings is 2. The number of halogens is 1. The Labute approximate surface area is 133 Å². The van der Waals surface area contributed by atoms with E-state index in [1.807, 2.05) is 30.3 Å². The van der Waals surface area contributed by atoms with Gasteiger partial charge in [-0.1, -0.05) is 39.3 Å². The second-order valence-electron chi connectivity index (χ2n) is 4.68. The van der Waals surface area contributed by atoms with Gasteiger partial charge in [-0.3, -0.25) is 0 Å². The van der Waals surface area contributed by atoms with E-state index < -0.39 is 0 Å². The van der Waals surface area contributed by atoms with E-state index in [-0.39, 0.29) is 5.84 Å². The summed E-state index contributed by atoms with van der Waals surface area (Å²) in [6.45, 7) is 4.92. The van der Waals surface area contributed by atoms with Crippen LogP contribution in [0.1, 0.15) is 18.1 Å². The standard InChI is InChI=1S/C16H18BrN3O/c1-3-20(14-7-5-4-6-11(14)2)15-9-8-12(17)10-13(15)16(18)19-21/h4-10,21H,3H2,1-2H3,(H2,18,19). The number of aryl methyl sites for hydroxylation is 1. The molecule has 2 aromatic carbocycles. The monoisotopic (exact) mass is 347 g/mol. The molecule has 0 aromatic heterocycles. The van der Waals surface area contributed by atoms with Crippen LogP contribution in [0.5, 0.6) is 0 Å². The average molecular weight is 348 g/mol. The lowest BCUT2D eigenvalue weighted by Gasteiger charge is -2.27. The van der Waals surface area contributed by atoms with Gasteiger partial charge >= 0.3 is 0 Å². The van der Waals surface area contributed by atoms with E-state index in [0.29, 0.717) is 5.56 Å². The molecule has 0 saturated carbocycles. The van der Waals surface area contributed by atoms with Crippen molar-refractivity contribution >= 4 is 33.1 Å². The molecule has 0 saturated heterocycles. The van der Waals surface area contributed by atoms with Crippen LogP contribution in [0, 0.1) is 6.92 Å². The third kappa shape index (κ3) is 3.19. The summed E-state index contributed by atoms with van der Waals surface area (Å²) in [6.07, 6.45) is 0. The van der Waals surface area contributed by atoms with Crippen LogP contribution in [0.3, 0.4) is 0 Å². The van der Waals surface area contributed by atoms with Gasteiger partial charge in [0.2, 0.25) is 0 Å². The van der Waals surface area contributed by atoms with E-state index >= 15 is 0 Å². The number of anilines is 2. The van der Waals surface area contributed by atoms with E-state index in [1.54, 1.807) is 0 Å². The normalized spacial score (nSPS) is 11.5. The molecule has 4 nitrogen and oxygen atoms in total. The summed E-state index contributed by atoms with van der Waals surface area (Å²) in [5.41, 5.74) is 9.70. The Balaban J connectivity index is 2.61. The smallest absolute Gasteiger partial charge is 0.172 e. The van der Waals surface area contributed by atoms with Gasteiger partial charge in [-0.05, 0) is 43.7 Å². The van der Waals surface area contributed by atoms with Crippen molar-refractivity contribution in [2.24, 2.45) is 10.9 Å². The van der Waals surface area contributed by atoms with Gasteiger partial charge in [0.05, 0.1) is 5.69 Å². The van der Waals surface area contributed by atoms with Crippen molar-refractivity contribution in [1.29, 1.82) is 0 Å². The van der Waals surface area contributed by atoms with Crippen LogP contribution in [0.4, 0.5) is 11.4 Å². The SMILES string of the molecule is CCN(c1ccccc1C)c1ccc(Br)cc1/C(N)=N/O. The predicted octanol–water partition coefficient (Wildman–Crippen LogP) is 4.01. The minimum absolute atomic E-state index is 0.0957. The second kappa shape index (κ2) is 6.63. The Morgan fingerprint density at radius 2 is 1.95 bits per heavy atom. The van der Waals surface area contributed by atoms with Crippen molar-refractivity contribution in [2.45, 2.75) is 13.8 Å². The molecule has 0 amide bonds. The Morgan fingerprint density at radius 1 is 1.24 bits per heavy atom. The third-order valence-corrected chi connectivity index (χ3v) is 3.85. The molecule has 2 rings (SSSR count). The highest BCUT2D eigenvalue weighted by Gasteiger charge is 2.16. The molecule has 0 aliphatic heterocycles. The number of nitrogens with zero attached hydrogens (tertiary/aromatic N) is 2. The first-order valence-corrected chi connectivity index (χ1v) is 7.48. The van der Waals surface area contributed by atoms with Gasteiger partial charge in [0.15, 0.2) is 5.84 Å². The van der Waals surface area contributed by atoms with E-state index in [0.717, 1.165) is 22.4 Å². The fourth-order valence-corrected chi connectivity index (χ4v) is 2.70. The summed E-state index contributed by atoms with van der Waals surface area (Å²) < 4.78 is 0.883. The van der Waals surface area contributed by atoms with Crippen molar-refractivity contribution in [3.8, 4) is 0 Å². The van der Waals surface area contributed by atoms with Gasteiger partial charge in [-0.2, -0.15) is 0 Å². The zero-order valence-corrected chi connectivity index (χ0v) is 13.6. The quantitative estimate of drug-likeness (QED) is 0.380. The Hall–Kier alpha value is -2.01. The molecule has 0 spiro atoms. The summed E-state index contributed by atoms with van der Waals surface area (Å²) >= 11 is 3.42. The van der Waals surface area contributed by atoms with Crippen LogP contribution in [0.25, 0.3) is 0 Å². The second-order valence-corrected chi connectivity index (χ2v) is 5.59. The van der Waals surface area contributed by atoms with Crippen LogP contribution in [0.15, 0.2) is 52.1 Å². The van der Waals surface area contributed by atoms with Gasteiger partial charge < -0.3 is 15.8 Å². The van der Waals surface area contributed by atoms with Crippen LogP contribution in [-0.4, -0.2) is 17.6 Å². The molecule has 3 N–H and O–H groups in total. The number of oxime groups is 1. The van der Waals surface area contributed by atoms with Crippen molar-refractivity contribution in [3.05, 3.63) is 58.1 Å². The van der Waals surface area contributed by atoms with Gasteiger partial charge in [-0.15, -0.1) is 0 Å². The molecular weight excluding hydrogens is 330 g/mol. The first-order valence-electron chi connectivity index (χ1n) is 6.69. The van der Waals surface area contributed by atoms with Gasteiger partial charge in [0, 0.05) is 22.3 Å². The topological polar surface area (TPSA) is 61.8 Å². The first-order chi connectivity index (χ1) is 10.1. The molecule has 5 heteroatoms. The summed E-state index contributed by atoms with van der Waals surface area (Å²) in [7, 11) is 0. The molecule has 110 valence electrons. The number of hydrogen-bond acceptors (Lipinski definition) is 3. The number of rotatable bonds is 4. The fraction of sp³-hybridized carbons (Fsp3) is 0.188. The van der Waals surface area contributed by atoms with Gasteiger partial charge in [0.1, 0.15) is 0 Å². The maximum atomic E-state index is 9.01. The molecule has 0 radical (unpaired) electrons. The highest BCUT2D eigenvalue weighted by atomic mass is 79.9. The van der Waals surface area contributed by atoms with Crippen LogP contribution < -0.4 is 10.6 Å². The summed E-state index contributed by atoms with van der Waals surface area (Å²) in [5.74, 6) is 0.0957. The highest BCUT2D eigenvalue weighted by molar-refractivity contribution is 9.10. The first kappa shape index (κ1) is 15.4. The maximum absolute atomic E-state index is 9.01. The molecule has 0 unspecified atom stereocenters. The maximum Gasteiger partial charge on any atom is 0.172 e. The molecule has 21 heavy (non-hydrogen) atoms. The van der Waals surface area contributed by atoms with E-state index in [1.165, 1.54) is 5.56 Å². The van der Waals surface area contributed by atoms with Crippen LogP contribution in [0.2, 0.25) is 0 Å². The number of hydrogen-bond donors (Lipinski definition) is 2. The Kier molecular flexibility index (Phi) is 4.85. The van der Waals surface area contributed by atoms with Crippen LogP contribution in [-0.2, 0) is 0 Å². The molecular formula is C16H18BrN3O. The van der Waals surface area contributed by atoms with Gasteiger partial charge in [0.25, 0.3) is 0 Å². The van der Waals surface area contributed by atoms with Crippen molar-refractivity contribution < 1.29 is 5.21 Å². The fourth-order valence-electron chi connectivity index (χ4n) is 2.34. The minimum Gasteiger partial charge on any atom is -0.409 e. The largest absolute Gasteiger partial charge is 0.409 e. The number of amidine groups is 1. The van der Waals surface area contributed by atoms with Crippen molar-refractivity contribution in [1.82, 2.24) is 0 Å². The molecule has 0 heterocycles. The molecule has 0 fully saturated rings. The molecule has 2 aromatic rings. The zero-order chi connectivity index (χ0) is 15.4. The van der Waals surface area contributed by atoms with Crippen molar-refractivity contribution in [3.63, 3.8) is 0 Å². The minimum atomic E-state index is 0.0957. The zero-order valence-electron chi connectivity index (χ0n) is 12.0. The molecule has 0 aliphatic rings. The average Bonchev–Trinajstić information content (AvgIpc) is 2.50. The molecule has 0 bridgehead atoms. The van der Waals surface area contributed by atoms with Gasteiger partial charge in [-0.25, -0.2) is 0 Å². The number of nitrogens with two attached hydrogens (primary N) is 1. The molecule has 0 atom stereocenters. The highest BCUT2D eigenvalue weighted by Crippen LogP contribution is 2.32. The Morgan fingerprint density at radius 3 is 2.57 bits per heavy atom. The van der Waals surface area contributed by atoms with Crippen molar-refractivity contribution in [2.75, 3.05) is 11.4 Å². The summed E-state index contributed by atoms with van der Waals surface area (Å²) in [4.78, 5) is 2.15. The predicted molar refractivity (Wildman–Crippen MR) is 90.5 cm³/mol. The summed E-state index contributed by atoms with van der Waals surface area (Å²) in [5, 5.41) is 12.2. The number of para-hydroxylation sites is 1. The van der Waals surface area contributed by atoms with E-state index in [2.05, 4.69) is 52.0 Å². The third-order valence-electron chi connectivity index (χ3n) is 3.36. The lowest BCUT2D eigenvalue weighted by Crippen LogP contribution is -2.23. The van der Waals surface area contributed by atoms with E-state index in [9.17, 15) is 0 Å². The van der Waals surface area contributed by atoms with Crippen LogP contribution >= 0.6 is 15.9 Å². The lowest BCUT2D eigenvalue weighted by molar-refractivity contribution is 0.318. The molecule has 0 aliphatic carbocycles. The summed E-state index contributed by atoms with van der Waals surface area (Å²) in [6, 6.07) is 13.9. The lowest BCUT2D eigenvalue weighted by atomic mass is 10.1. The van der Waals surface area contributed by atoms with E-state index in [4.69, 9.17) is 10.9 Å². The Bertz CT molecular complexity index is 670.